The zero-order chi connectivity index (χ0) is 16.7. The maximum atomic E-state index is 9.19. The summed E-state index contributed by atoms with van der Waals surface area (Å²) < 4.78 is 6.11. The predicted octanol–water partition coefficient (Wildman–Crippen LogP) is 2.65. The highest BCUT2D eigenvalue weighted by Crippen LogP contribution is 2.32. The average molecular weight is 312 g/mol. The van der Waals surface area contributed by atoms with Gasteiger partial charge in [0.25, 0.3) is 0 Å². The first-order chi connectivity index (χ1) is 11.2. The normalized spacial score (nSPS) is 17.8. The molecule has 0 fully saturated rings. The van der Waals surface area contributed by atoms with E-state index in [1.807, 2.05) is 25.2 Å². The van der Waals surface area contributed by atoms with Crippen LogP contribution in [-0.2, 0) is 0 Å². The molecule has 2 rings (SSSR count). The molecule has 122 valence electrons. The highest BCUT2D eigenvalue weighted by atomic mass is 16.5. The summed E-state index contributed by atoms with van der Waals surface area (Å²) in [5.74, 6) is 0.832. The third-order valence-corrected chi connectivity index (χ3v) is 4.14. The summed E-state index contributed by atoms with van der Waals surface area (Å²) in [5, 5.41) is 17.8. The quantitative estimate of drug-likeness (QED) is 0.774. The summed E-state index contributed by atoms with van der Waals surface area (Å²) in [6.07, 6.45) is 1.15. The first-order valence-electron chi connectivity index (χ1n) is 8.13. The van der Waals surface area contributed by atoms with Crippen LogP contribution in [0.25, 0.3) is 0 Å². The predicted molar refractivity (Wildman–Crippen MR) is 90.2 cm³/mol. The van der Waals surface area contributed by atoms with Gasteiger partial charge >= 0.3 is 0 Å². The number of fused-ring (bicyclic) bond motifs is 1. The van der Waals surface area contributed by atoms with Gasteiger partial charge in [0.2, 0.25) is 0 Å². The Kier molecular flexibility index (Phi) is 6.26. The van der Waals surface area contributed by atoms with Gasteiger partial charge in [-0.3, -0.25) is 0 Å². The van der Waals surface area contributed by atoms with E-state index in [1.54, 1.807) is 0 Å². The number of anilines is 1. The standard InChI is InChI=1S/C18H24N4O/c1-3-22-14-16(23-18-9-5-4-8-17(18)22)13-21(2)12-15(11-20)7-6-10-19/h4-5,8-9,15-16H,3,6-7,12-14H2,1-2H3/t15-,16-/m1/s1. The van der Waals surface area contributed by atoms with Crippen LogP contribution in [0.15, 0.2) is 24.3 Å². The van der Waals surface area contributed by atoms with E-state index in [0.29, 0.717) is 19.4 Å². The molecule has 23 heavy (non-hydrogen) atoms. The topological polar surface area (TPSA) is 63.3 Å². The van der Waals surface area contributed by atoms with Gasteiger partial charge in [0.15, 0.2) is 0 Å². The molecule has 0 radical (unpaired) electrons. The maximum Gasteiger partial charge on any atom is 0.143 e. The van der Waals surface area contributed by atoms with E-state index in [2.05, 4.69) is 34.9 Å². The Hall–Kier alpha value is -2.24. The van der Waals surface area contributed by atoms with Crippen LogP contribution in [0.5, 0.6) is 5.75 Å². The molecule has 1 heterocycles. The smallest absolute Gasteiger partial charge is 0.143 e. The summed E-state index contributed by atoms with van der Waals surface area (Å²) in [7, 11) is 2.01. The molecule has 0 unspecified atom stereocenters. The van der Waals surface area contributed by atoms with Crippen molar-refractivity contribution in [3.63, 3.8) is 0 Å². The van der Waals surface area contributed by atoms with E-state index in [0.717, 1.165) is 31.1 Å². The Balaban J connectivity index is 1.93. The first kappa shape index (κ1) is 17.1. The summed E-state index contributed by atoms with van der Waals surface area (Å²) in [6, 6.07) is 12.5. The van der Waals surface area contributed by atoms with Crippen LogP contribution < -0.4 is 9.64 Å². The van der Waals surface area contributed by atoms with Crippen molar-refractivity contribution in [3.8, 4) is 17.9 Å². The molecule has 0 spiro atoms. The SMILES string of the molecule is CCN1C[C@@H](CN(C)C[C@@H](C#N)CCC#N)Oc2ccccc21. The molecular formula is C18H24N4O. The van der Waals surface area contributed by atoms with Gasteiger partial charge in [-0.2, -0.15) is 10.5 Å². The molecule has 0 saturated carbocycles. The minimum atomic E-state index is -0.0993. The van der Waals surface area contributed by atoms with Gasteiger partial charge in [-0.15, -0.1) is 0 Å². The lowest BCUT2D eigenvalue weighted by atomic mass is 10.0. The number of benzene rings is 1. The minimum Gasteiger partial charge on any atom is -0.485 e. The molecule has 0 bridgehead atoms. The van der Waals surface area contributed by atoms with Gasteiger partial charge < -0.3 is 14.5 Å². The second-order valence-electron chi connectivity index (χ2n) is 5.99. The molecule has 2 atom stereocenters. The van der Waals surface area contributed by atoms with Gasteiger partial charge in [-0.05, 0) is 32.5 Å². The molecule has 1 aliphatic heterocycles. The van der Waals surface area contributed by atoms with Gasteiger partial charge in [0.1, 0.15) is 11.9 Å². The molecule has 1 aromatic carbocycles. The fourth-order valence-corrected chi connectivity index (χ4v) is 3.01. The van der Waals surface area contributed by atoms with Crippen LogP contribution in [0.3, 0.4) is 0 Å². The number of nitriles is 2. The Labute approximate surface area is 138 Å². The molecule has 0 aromatic heterocycles. The zero-order valence-corrected chi connectivity index (χ0v) is 13.9. The third-order valence-electron chi connectivity index (χ3n) is 4.14. The number of hydrogen-bond acceptors (Lipinski definition) is 5. The molecule has 0 N–H and O–H groups in total. The van der Waals surface area contributed by atoms with Crippen LogP contribution in [-0.4, -0.2) is 44.2 Å². The molecular weight excluding hydrogens is 288 g/mol. The summed E-state index contributed by atoms with van der Waals surface area (Å²) in [6.45, 7) is 5.40. The van der Waals surface area contributed by atoms with Crippen LogP contribution in [0.1, 0.15) is 19.8 Å². The van der Waals surface area contributed by atoms with Crippen molar-refractivity contribution in [1.29, 1.82) is 10.5 Å². The van der Waals surface area contributed by atoms with Crippen LogP contribution >= 0.6 is 0 Å². The summed E-state index contributed by atoms with van der Waals surface area (Å²) in [4.78, 5) is 4.46. The van der Waals surface area contributed by atoms with Crippen LogP contribution in [0.2, 0.25) is 0 Å². The Morgan fingerprint density at radius 1 is 1.39 bits per heavy atom. The number of hydrogen-bond donors (Lipinski definition) is 0. The van der Waals surface area contributed by atoms with E-state index in [9.17, 15) is 5.26 Å². The molecule has 0 aliphatic carbocycles. The Morgan fingerprint density at radius 2 is 2.17 bits per heavy atom. The summed E-state index contributed by atoms with van der Waals surface area (Å²) >= 11 is 0. The van der Waals surface area contributed by atoms with Crippen LogP contribution in [0.4, 0.5) is 5.69 Å². The lowest BCUT2D eigenvalue weighted by Gasteiger charge is -2.37. The van der Waals surface area contributed by atoms with Gasteiger partial charge in [0.05, 0.1) is 30.3 Å². The van der Waals surface area contributed by atoms with E-state index in [4.69, 9.17) is 10.00 Å². The molecule has 5 nitrogen and oxygen atoms in total. The van der Waals surface area contributed by atoms with Crippen molar-refractivity contribution in [3.05, 3.63) is 24.3 Å². The van der Waals surface area contributed by atoms with E-state index >= 15 is 0 Å². The molecule has 0 amide bonds. The first-order valence-corrected chi connectivity index (χ1v) is 8.13. The van der Waals surface area contributed by atoms with Crippen molar-refractivity contribution in [1.82, 2.24) is 4.90 Å². The van der Waals surface area contributed by atoms with Gasteiger partial charge in [-0.1, -0.05) is 12.1 Å². The molecule has 5 heteroatoms. The lowest BCUT2D eigenvalue weighted by molar-refractivity contribution is 0.137. The van der Waals surface area contributed by atoms with E-state index in [1.165, 1.54) is 0 Å². The van der Waals surface area contributed by atoms with E-state index in [-0.39, 0.29) is 12.0 Å². The Bertz CT molecular complexity index is 589. The highest BCUT2D eigenvalue weighted by Gasteiger charge is 2.26. The fraction of sp³-hybridized carbons (Fsp3) is 0.556. The lowest BCUT2D eigenvalue weighted by Crippen LogP contribution is -2.46. The molecule has 1 aromatic rings. The number of para-hydroxylation sites is 2. The molecule has 0 saturated heterocycles. The molecule has 1 aliphatic rings. The number of ether oxygens (including phenoxy) is 1. The maximum absolute atomic E-state index is 9.19. The Morgan fingerprint density at radius 3 is 2.87 bits per heavy atom. The minimum absolute atomic E-state index is 0.0881. The number of rotatable bonds is 7. The third kappa shape index (κ3) is 4.61. The highest BCUT2D eigenvalue weighted by molar-refractivity contribution is 5.60. The number of likely N-dealkylation sites (N-methyl/N-ethyl adjacent to an activating group) is 2. The second-order valence-corrected chi connectivity index (χ2v) is 5.99. The van der Waals surface area contributed by atoms with Crippen molar-refractivity contribution < 1.29 is 4.74 Å². The zero-order valence-electron chi connectivity index (χ0n) is 13.9. The average Bonchev–Trinajstić information content (AvgIpc) is 2.57. The monoisotopic (exact) mass is 312 g/mol. The van der Waals surface area contributed by atoms with Gasteiger partial charge in [-0.25, -0.2) is 0 Å². The summed E-state index contributed by atoms with van der Waals surface area (Å²) in [5.41, 5.74) is 1.15. The van der Waals surface area contributed by atoms with Crippen molar-refractivity contribution in [2.45, 2.75) is 25.9 Å². The largest absolute Gasteiger partial charge is 0.485 e. The van der Waals surface area contributed by atoms with Gasteiger partial charge in [0, 0.05) is 26.1 Å². The fourth-order valence-electron chi connectivity index (χ4n) is 3.01. The van der Waals surface area contributed by atoms with Crippen molar-refractivity contribution >= 4 is 5.69 Å². The number of nitrogens with zero attached hydrogens (tertiary/aromatic N) is 4. The van der Waals surface area contributed by atoms with Crippen molar-refractivity contribution in [2.24, 2.45) is 5.92 Å². The van der Waals surface area contributed by atoms with E-state index < -0.39 is 0 Å². The van der Waals surface area contributed by atoms with Crippen LogP contribution in [0, 0.1) is 28.6 Å². The second kappa shape index (κ2) is 8.41. The van der Waals surface area contributed by atoms with Crippen molar-refractivity contribution in [2.75, 3.05) is 38.1 Å².